The van der Waals surface area contributed by atoms with Gasteiger partial charge in [-0.2, -0.15) is 13.2 Å². The molecule has 0 saturated heterocycles. The maximum absolute atomic E-state index is 13.2. The number of nitrogens with one attached hydrogen (secondary N) is 1. The second-order valence-corrected chi connectivity index (χ2v) is 6.11. The summed E-state index contributed by atoms with van der Waals surface area (Å²) in [5, 5.41) is 11.7. The van der Waals surface area contributed by atoms with Crippen LogP contribution < -0.4 is 5.32 Å². The van der Waals surface area contributed by atoms with Crippen LogP contribution >= 0.6 is 0 Å². The Morgan fingerprint density at radius 2 is 1.88 bits per heavy atom. The van der Waals surface area contributed by atoms with Gasteiger partial charge in [-0.05, 0) is 50.5 Å². The lowest BCUT2D eigenvalue weighted by molar-refractivity contribution is -0.138. The Labute approximate surface area is 152 Å². The van der Waals surface area contributed by atoms with Crippen LogP contribution in [0.25, 0.3) is 0 Å². The van der Waals surface area contributed by atoms with Crippen molar-refractivity contribution in [2.45, 2.75) is 33.9 Å². The molecule has 0 atom stereocenters. The van der Waals surface area contributed by atoms with Crippen LogP contribution in [0, 0.1) is 20.8 Å². The number of amides is 1. The van der Waals surface area contributed by atoms with Gasteiger partial charge < -0.3 is 15.2 Å². The van der Waals surface area contributed by atoms with Gasteiger partial charge in [-0.1, -0.05) is 0 Å². The minimum absolute atomic E-state index is 0.00280. The van der Waals surface area contributed by atoms with E-state index in [1.165, 1.54) is 6.92 Å². The molecule has 5 nitrogen and oxygen atoms in total. The van der Waals surface area contributed by atoms with Gasteiger partial charge in [0.2, 0.25) is 5.91 Å². The fourth-order valence-electron chi connectivity index (χ4n) is 2.66. The molecule has 0 fully saturated rings. The van der Waals surface area contributed by atoms with E-state index in [9.17, 15) is 18.0 Å². The van der Waals surface area contributed by atoms with Crippen molar-refractivity contribution in [3.63, 3.8) is 0 Å². The summed E-state index contributed by atoms with van der Waals surface area (Å²) in [7, 11) is 0. The lowest BCUT2D eigenvalue weighted by atomic mass is 9.97. The Kier molecular flexibility index (Phi) is 8.52. The maximum atomic E-state index is 13.2. The minimum Gasteiger partial charge on any atom is -0.395 e. The number of benzene rings is 1. The fourth-order valence-corrected chi connectivity index (χ4v) is 2.66. The molecule has 0 spiro atoms. The van der Waals surface area contributed by atoms with E-state index in [0.29, 0.717) is 30.9 Å². The van der Waals surface area contributed by atoms with Crippen molar-refractivity contribution in [2.24, 2.45) is 0 Å². The molecule has 0 saturated carbocycles. The molecule has 0 radical (unpaired) electrons. The Balaban J connectivity index is 2.96. The number of alkyl halides is 3. The van der Waals surface area contributed by atoms with Gasteiger partial charge in [-0.25, -0.2) is 0 Å². The number of hydrogen-bond donors (Lipinski definition) is 2. The molecule has 1 aromatic rings. The molecule has 0 bridgehead atoms. The van der Waals surface area contributed by atoms with Crippen molar-refractivity contribution < 1.29 is 27.8 Å². The first-order chi connectivity index (χ1) is 12.1. The third kappa shape index (κ3) is 6.26. The summed E-state index contributed by atoms with van der Waals surface area (Å²) in [6, 6.07) is 1.10. The number of carbonyl (C=O) groups excluding carboxylic acids is 1. The quantitative estimate of drug-likeness (QED) is 0.651. The Morgan fingerprint density at radius 3 is 2.42 bits per heavy atom. The summed E-state index contributed by atoms with van der Waals surface area (Å²) in [5.41, 5.74) is 0.501. The Bertz CT molecular complexity index is 619. The van der Waals surface area contributed by atoms with E-state index in [1.54, 1.807) is 18.7 Å². The van der Waals surface area contributed by atoms with E-state index in [-0.39, 0.29) is 30.9 Å². The summed E-state index contributed by atoms with van der Waals surface area (Å²) in [6.45, 7) is 7.98. The number of carbonyl (C=O) groups is 1. The summed E-state index contributed by atoms with van der Waals surface area (Å²) in [5.74, 6) is -0.431. The molecule has 148 valence electrons. The molecule has 0 unspecified atom stereocenters. The third-order valence-corrected chi connectivity index (χ3v) is 4.22. The summed E-state index contributed by atoms with van der Waals surface area (Å²) >= 11 is 0. The topological polar surface area (TPSA) is 61.8 Å². The van der Waals surface area contributed by atoms with E-state index in [0.717, 1.165) is 6.07 Å². The van der Waals surface area contributed by atoms with Gasteiger partial charge in [-0.15, -0.1) is 0 Å². The molecule has 1 rings (SSSR count). The number of ether oxygens (including phenoxy) is 1. The van der Waals surface area contributed by atoms with E-state index in [4.69, 9.17) is 9.84 Å². The van der Waals surface area contributed by atoms with Crippen LogP contribution in [0.5, 0.6) is 0 Å². The van der Waals surface area contributed by atoms with E-state index >= 15 is 0 Å². The predicted molar refractivity (Wildman–Crippen MR) is 94.3 cm³/mol. The van der Waals surface area contributed by atoms with Crippen molar-refractivity contribution in [3.05, 3.63) is 28.3 Å². The zero-order chi connectivity index (χ0) is 19.9. The first-order valence-electron chi connectivity index (χ1n) is 8.50. The molecule has 0 aliphatic carbocycles. The number of rotatable bonds is 9. The molecule has 26 heavy (non-hydrogen) atoms. The van der Waals surface area contributed by atoms with Crippen molar-refractivity contribution in [1.82, 2.24) is 4.90 Å². The molecular weight excluding hydrogens is 349 g/mol. The van der Waals surface area contributed by atoms with Crippen LogP contribution in [0.4, 0.5) is 18.9 Å². The van der Waals surface area contributed by atoms with E-state index in [1.807, 2.05) is 6.92 Å². The smallest absolute Gasteiger partial charge is 0.395 e. The molecule has 0 aliphatic heterocycles. The molecule has 0 aromatic heterocycles. The van der Waals surface area contributed by atoms with Gasteiger partial charge in [0.15, 0.2) is 0 Å². The lowest BCUT2D eigenvalue weighted by Gasteiger charge is -2.23. The highest BCUT2D eigenvalue weighted by atomic mass is 19.4. The summed E-state index contributed by atoms with van der Waals surface area (Å²) in [6.07, 6.45) is -4.48. The van der Waals surface area contributed by atoms with Crippen LogP contribution in [0.1, 0.15) is 29.2 Å². The van der Waals surface area contributed by atoms with Crippen LogP contribution in [-0.4, -0.2) is 55.4 Å². The fraction of sp³-hybridized carbons (Fsp3) is 0.611. The molecular formula is C18H27F3N2O3. The van der Waals surface area contributed by atoms with Crippen LogP contribution in [0.3, 0.4) is 0 Å². The first-order valence-corrected chi connectivity index (χ1v) is 8.50. The molecule has 8 heteroatoms. The van der Waals surface area contributed by atoms with Crippen molar-refractivity contribution in [1.29, 1.82) is 0 Å². The van der Waals surface area contributed by atoms with E-state index in [2.05, 4.69) is 5.32 Å². The molecule has 2 N–H and O–H groups in total. The predicted octanol–water partition coefficient (Wildman–Crippen LogP) is 2.90. The van der Waals surface area contributed by atoms with Crippen LogP contribution in [0.15, 0.2) is 6.07 Å². The number of aliphatic hydroxyl groups excluding tert-OH is 1. The van der Waals surface area contributed by atoms with Crippen molar-refractivity contribution >= 4 is 11.6 Å². The summed E-state index contributed by atoms with van der Waals surface area (Å²) < 4.78 is 44.8. The monoisotopic (exact) mass is 376 g/mol. The number of halogens is 3. The highest BCUT2D eigenvalue weighted by molar-refractivity contribution is 5.94. The zero-order valence-corrected chi connectivity index (χ0v) is 15.7. The molecule has 0 aliphatic rings. The third-order valence-electron chi connectivity index (χ3n) is 4.22. The number of nitrogens with zero attached hydrogens (tertiary/aromatic N) is 1. The Morgan fingerprint density at radius 1 is 1.23 bits per heavy atom. The minimum atomic E-state index is -4.48. The number of hydrogen-bond acceptors (Lipinski definition) is 4. The summed E-state index contributed by atoms with van der Waals surface area (Å²) in [4.78, 5) is 14.0. The van der Waals surface area contributed by atoms with Crippen molar-refractivity contribution in [2.75, 3.05) is 44.8 Å². The molecule has 1 aromatic carbocycles. The second-order valence-electron chi connectivity index (χ2n) is 6.11. The standard InChI is InChI=1S/C18H27F3N2O3/c1-5-26-9-7-23(6-8-24)11-16(25)22-17-13(3)12(2)10-15(14(17)4)18(19,20)21/h10,24H,5-9,11H2,1-4H3,(H,22,25). The first kappa shape index (κ1) is 22.4. The highest BCUT2D eigenvalue weighted by Gasteiger charge is 2.34. The number of anilines is 1. The van der Waals surface area contributed by atoms with Crippen LogP contribution in [-0.2, 0) is 15.7 Å². The van der Waals surface area contributed by atoms with Crippen molar-refractivity contribution in [3.8, 4) is 0 Å². The van der Waals surface area contributed by atoms with Gasteiger partial charge in [0, 0.05) is 25.4 Å². The SMILES string of the molecule is CCOCCN(CCO)CC(=O)Nc1c(C)c(C)cc(C(F)(F)F)c1C. The molecule has 0 heterocycles. The van der Waals surface area contributed by atoms with Gasteiger partial charge in [0.1, 0.15) is 0 Å². The van der Waals surface area contributed by atoms with Gasteiger partial charge in [-0.3, -0.25) is 9.69 Å². The average molecular weight is 376 g/mol. The van der Waals surface area contributed by atoms with Gasteiger partial charge in [0.25, 0.3) is 0 Å². The number of aliphatic hydroxyl groups is 1. The lowest BCUT2D eigenvalue weighted by Crippen LogP contribution is -2.37. The zero-order valence-electron chi connectivity index (χ0n) is 15.7. The molecule has 1 amide bonds. The normalized spacial score (nSPS) is 11.9. The second kappa shape index (κ2) is 9.89. The highest BCUT2D eigenvalue weighted by Crippen LogP contribution is 2.37. The number of aryl methyl sites for hydroxylation is 1. The maximum Gasteiger partial charge on any atom is 0.416 e. The average Bonchev–Trinajstić information content (AvgIpc) is 2.54. The largest absolute Gasteiger partial charge is 0.416 e. The van der Waals surface area contributed by atoms with Gasteiger partial charge in [0.05, 0.1) is 25.3 Å². The van der Waals surface area contributed by atoms with E-state index < -0.39 is 17.6 Å². The van der Waals surface area contributed by atoms with Crippen LogP contribution in [0.2, 0.25) is 0 Å². The Hall–Kier alpha value is -1.64. The van der Waals surface area contributed by atoms with Gasteiger partial charge >= 0.3 is 6.18 Å².